The maximum Gasteiger partial charge on any atom is 0.331 e. The summed E-state index contributed by atoms with van der Waals surface area (Å²) in [6.45, 7) is 6.68. The fourth-order valence-corrected chi connectivity index (χ4v) is 2.43. The van der Waals surface area contributed by atoms with E-state index in [-0.39, 0.29) is 6.61 Å². The third kappa shape index (κ3) is 9.31. The molecule has 0 amide bonds. The van der Waals surface area contributed by atoms with E-state index in [1.165, 1.54) is 0 Å². The Balaban J connectivity index is 3.75. The van der Waals surface area contributed by atoms with Crippen LogP contribution in [0.3, 0.4) is 0 Å². The maximum atomic E-state index is 5.55. The molecule has 0 aromatic carbocycles. The minimum absolute atomic E-state index is 0.0839. The topological polar surface area (TPSA) is 18.5 Å². The average molecular weight is 266 g/mol. The molecule has 0 rings (SSSR count). The van der Waals surface area contributed by atoms with Gasteiger partial charge >= 0.3 is 8.56 Å². The van der Waals surface area contributed by atoms with E-state index in [0.29, 0.717) is 6.61 Å². The normalized spacial score (nSPS) is 13.4. The molecular weight excluding hydrogens is 251 g/mol. The third-order valence-corrected chi connectivity index (χ3v) is 3.30. The second kappa shape index (κ2) is 5.78. The van der Waals surface area contributed by atoms with E-state index in [1.807, 2.05) is 20.0 Å². The van der Waals surface area contributed by atoms with Crippen molar-refractivity contribution in [2.45, 2.75) is 30.2 Å². The van der Waals surface area contributed by atoms with E-state index in [2.05, 4.69) is 0 Å². The highest BCUT2D eigenvalue weighted by molar-refractivity contribution is 6.68. The van der Waals surface area contributed by atoms with Gasteiger partial charge in [0.15, 0.2) is 0 Å². The predicted molar refractivity (Wildman–Crippen MR) is 60.0 cm³/mol. The van der Waals surface area contributed by atoms with E-state index >= 15 is 0 Å². The van der Waals surface area contributed by atoms with Gasteiger partial charge < -0.3 is 8.85 Å². The largest absolute Gasteiger partial charge is 0.395 e. The minimum atomic E-state index is -2.09. The summed E-state index contributed by atoms with van der Waals surface area (Å²) in [4.78, 5) is 0. The molecule has 0 atom stereocenters. The van der Waals surface area contributed by atoms with Gasteiger partial charge in [0.2, 0.25) is 3.79 Å². The highest BCUT2D eigenvalue weighted by atomic mass is 35.6. The Hall–Kier alpha value is 1.01. The van der Waals surface area contributed by atoms with Gasteiger partial charge in [0.05, 0.1) is 6.61 Å². The quantitative estimate of drug-likeness (QED) is 0.559. The smallest absolute Gasteiger partial charge is 0.331 e. The van der Waals surface area contributed by atoms with Crippen LogP contribution in [0.1, 0.15) is 13.3 Å². The van der Waals surface area contributed by atoms with Crippen molar-refractivity contribution in [1.82, 2.24) is 0 Å². The first-order valence-electron chi connectivity index (χ1n) is 4.11. The van der Waals surface area contributed by atoms with Crippen LogP contribution in [0, 0.1) is 0 Å². The first-order chi connectivity index (χ1) is 5.77. The van der Waals surface area contributed by atoms with E-state index in [9.17, 15) is 0 Å². The van der Waals surface area contributed by atoms with Gasteiger partial charge in [-0.3, -0.25) is 0 Å². The number of halogens is 3. The summed E-state index contributed by atoms with van der Waals surface area (Å²) in [7, 11) is -2.09. The molecule has 2 nitrogen and oxygen atoms in total. The molecule has 0 aliphatic heterocycles. The fourth-order valence-electron chi connectivity index (χ4n) is 0.645. The number of hydrogen-bond donors (Lipinski definition) is 0. The zero-order valence-corrected chi connectivity index (χ0v) is 11.3. The van der Waals surface area contributed by atoms with Crippen molar-refractivity contribution in [1.29, 1.82) is 0 Å². The Morgan fingerprint density at radius 2 is 1.69 bits per heavy atom. The van der Waals surface area contributed by atoms with Crippen LogP contribution >= 0.6 is 34.8 Å². The summed E-state index contributed by atoms with van der Waals surface area (Å²) < 4.78 is 9.58. The zero-order chi connectivity index (χ0) is 10.5. The lowest BCUT2D eigenvalue weighted by Gasteiger charge is -2.24. The van der Waals surface area contributed by atoms with Crippen LogP contribution in [0.4, 0.5) is 0 Å². The van der Waals surface area contributed by atoms with Crippen LogP contribution in [0.15, 0.2) is 0 Å². The van der Waals surface area contributed by atoms with Crippen LogP contribution in [0.2, 0.25) is 13.1 Å². The van der Waals surface area contributed by atoms with Crippen LogP contribution in [-0.2, 0) is 8.85 Å². The molecule has 0 aliphatic rings. The molecule has 80 valence electrons. The summed E-state index contributed by atoms with van der Waals surface area (Å²) in [6.07, 6.45) is 0.966. The van der Waals surface area contributed by atoms with Gasteiger partial charge in [0, 0.05) is 6.61 Å². The van der Waals surface area contributed by atoms with Crippen molar-refractivity contribution < 1.29 is 8.85 Å². The molecule has 0 unspecified atom stereocenters. The van der Waals surface area contributed by atoms with Gasteiger partial charge in [0.25, 0.3) is 0 Å². The van der Waals surface area contributed by atoms with Gasteiger partial charge in [0.1, 0.15) is 0 Å². The second-order valence-electron chi connectivity index (χ2n) is 3.15. The summed E-state index contributed by atoms with van der Waals surface area (Å²) in [6, 6.07) is 0. The number of alkyl halides is 3. The van der Waals surface area contributed by atoms with Gasteiger partial charge in [-0.05, 0) is 19.5 Å². The van der Waals surface area contributed by atoms with Crippen molar-refractivity contribution in [3.05, 3.63) is 0 Å². The molecule has 0 aromatic rings. The predicted octanol–water partition coefficient (Wildman–Crippen LogP) is 3.50. The lowest BCUT2D eigenvalue weighted by Crippen LogP contribution is -2.37. The molecule has 0 fully saturated rings. The van der Waals surface area contributed by atoms with Crippen molar-refractivity contribution in [3.63, 3.8) is 0 Å². The van der Waals surface area contributed by atoms with Crippen molar-refractivity contribution in [2.75, 3.05) is 13.2 Å². The van der Waals surface area contributed by atoms with Crippen molar-refractivity contribution in [3.8, 4) is 0 Å². The van der Waals surface area contributed by atoms with Crippen LogP contribution in [0.25, 0.3) is 0 Å². The minimum Gasteiger partial charge on any atom is -0.395 e. The molecule has 6 heteroatoms. The van der Waals surface area contributed by atoms with E-state index in [1.54, 1.807) is 0 Å². The highest BCUT2D eigenvalue weighted by Gasteiger charge is 2.29. The molecular formula is C7H15Cl3O2Si. The molecule has 0 heterocycles. The van der Waals surface area contributed by atoms with Gasteiger partial charge in [-0.1, -0.05) is 41.7 Å². The van der Waals surface area contributed by atoms with Crippen molar-refractivity contribution >= 4 is 43.4 Å². The summed E-state index contributed by atoms with van der Waals surface area (Å²) in [5.74, 6) is 0. The third-order valence-electron chi connectivity index (χ3n) is 1.24. The summed E-state index contributed by atoms with van der Waals surface area (Å²) in [5, 5.41) is 0. The first kappa shape index (κ1) is 14.0. The Bertz CT molecular complexity index is 147. The molecule has 0 N–H and O–H groups in total. The standard InChI is InChI=1S/C7H15Cl3O2Si/c1-4-5-11-13(2,3)12-6-7(8,9)10/h4-6H2,1-3H3. The fraction of sp³-hybridized carbons (Fsp3) is 1.00. The molecule has 0 spiro atoms. The lowest BCUT2D eigenvalue weighted by molar-refractivity contribution is 0.182. The zero-order valence-electron chi connectivity index (χ0n) is 8.07. The highest BCUT2D eigenvalue weighted by Crippen LogP contribution is 2.27. The molecule has 0 bridgehead atoms. The van der Waals surface area contributed by atoms with E-state index < -0.39 is 12.4 Å². The second-order valence-corrected chi connectivity index (χ2v) is 9.05. The van der Waals surface area contributed by atoms with E-state index in [4.69, 9.17) is 43.7 Å². The summed E-state index contributed by atoms with van der Waals surface area (Å²) in [5.41, 5.74) is 0. The molecule has 13 heavy (non-hydrogen) atoms. The monoisotopic (exact) mass is 264 g/mol. The summed E-state index contributed by atoms with van der Waals surface area (Å²) >= 11 is 16.6. The Kier molecular flexibility index (Phi) is 6.23. The Morgan fingerprint density at radius 3 is 2.08 bits per heavy atom. The maximum absolute atomic E-state index is 5.55. The molecule has 0 aromatic heterocycles. The molecule has 0 saturated heterocycles. The molecule has 0 aliphatic carbocycles. The van der Waals surface area contributed by atoms with Crippen molar-refractivity contribution in [2.24, 2.45) is 0 Å². The van der Waals surface area contributed by atoms with Gasteiger partial charge in [-0.25, -0.2) is 0 Å². The first-order valence-corrected chi connectivity index (χ1v) is 8.06. The van der Waals surface area contributed by atoms with Crippen LogP contribution < -0.4 is 0 Å². The van der Waals surface area contributed by atoms with E-state index in [0.717, 1.165) is 6.42 Å². The lowest BCUT2D eigenvalue weighted by atomic mass is 10.5. The Morgan fingerprint density at radius 1 is 1.15 bits per heavy atom. The van der Waals surface area contributed by atoms with Crippen LogP contribution in [-0.4, -0.2) is 25.6 Å². The molecule has 0 saturated carbocycles. The molecule has 0 radical (unpaired) electrons. The van der Waals surface area contributed by atoms with Crippen LogP contribution in [0.5, 0.6) is 0 Å². The number of rotatable bonds is 5. The number of hydrogen-bond acceptors (Lipinski definition) is 2. The van der Waals surface area contributed by atoms with Gasteiger partial charge in [-0.15, -0.1) is 0 Å². The SMILES string of the molecule is CCCO[Si](C)(C)OCC(Cl)(Cl)Cl. The van der Waals surface area contributed by atoms with Gasteiger partial charge in [-0.2, -0.15) is 0 Å². The average Bonchev–Trinajstić information content (AvgIpc) is 1.97. The Labute approximate surface area is 95.7 Å².